The van der Waals surface area contributed by atoms with E-state index in [0.29, 0.717) is 5.69 Å². The van der Waals surface area contributed by atoms with Gasteiger partial charge in [0.05, 0.1) is 0 Å². The van der Waals surface area contributed by atoms with Gasteiger partial charge in [-0.05, 0) is 35.6 Å². The molecule has 0 atom stereocenters. The van der Waals surface area contributed by atoms with Crippen molar-refractivity contribution in [3.05, 3.63) is 48.0 Å². The number of phenols is 1. The van der Waals surface area contributed by atoms with Gasteiger partial charge in [-0.15, -0.1) is 15.0 Å². The van der Waals surface area contributed by atoms with Crippen molar-refractivity contribution >= 4 is 11.0 Å². The molecule has 4 heteroatoms. The van der Waals surface area contributed by atoms with Crippen LogP contribution in [0.4, 0.5) is 0 Å². The van der Waals surface area contributed by atoms with E-state index >= 15 is 0 Å². The normalized spacial score (nSPS) is 12.0. The Morgan fingerprint density at radius 3 is 2.14 bits per heavy atom. The van der Waals surface area contributed by atoms with E-state index in [1.54, 1.807) is 0 Å². The van der Waals surface area contributed by atoms with Crippen molar-refractivity contribution in [1.29, 1.82) is 0 Å². The Labute approximate surface area is 124 Å². The van der Waals surface area contributed by atoms with Gasteiger partial charge < -0.3 is 5.11 Å². The van der Waals surface area contributed by atoms with E-state index in [1.807, 2.05) is 42.5 Å². The molecule has 3 rings (SSSR count). The first-order chi connectivity index (χ1) is 9.94. The Morgan fingerprint density at radius 1 is 0.952 bits per heavy atom. The maximum atomic E-state index is 10.5. The van der Waals surface area contributed by atoms with E-state index < -0.39 is 0 Å². The molecule has 0 saturated carbocycles. The summed E-state index contributed by atoms with van der Waals surface area (Å²) in [6.45, 7) is 6.46. The maximum Gasteiger partial charge on any atom is 0.146 e. The molecular weight excluding hydrogens is 262 g/mol. The number of aromatic nitrogens is 3. The van der Waals surface area contributed by atoms with Crippen molar-refractivity contribution < 1.29 is 5.11 Å². The van der Waals surface area contributed by atoms with Crippen LogP contribution < -0.4 is 0 Å². The van der Waals surface area contributed by atoms with Gasteiger partial charge in [-0.25, -0.2) is 0 Å². The van der Waals surface area contributed by atoms with Gasteiger partial charge in [0.2, 0.25) is 0 Å². The van der Waals surface area contributed by atoms with Crippen LogP contribution in [0.15, 0.2) is 42.5 Å². The van der Waals surface area contributed by atoms with Crippen LogP contribution in [-0.4, -0.2) is 20.1 Å². The summed E-state index contributed by atoms with van der Waals surface area (Å²) in [6.07, 6.45) is 0.799. The molecule has 0 bridgehead atoms. The highest BCUT2D eigenvalue weighted by atomic mass is 16.3. The minimum absolute atomic E-state index is 0.109. The van der Waals surface area contributed by atoms with Crippen LogP contribution in [0.2, 0.25) is 0 Å². The molecule has 4 nitrogen and oxygen atoms in total. The molecule has 0 fully saturated rings. The van der Waals surface area contributed by atoms with Crippen LogP contribution in [0.3, 0.4) is 0 Å². The zero-order chi connectivity index (χ0) is 15.0. The number of rotatable bonds is 2. The molecule has 0 spiro atoms. The lowest BCUT2D eigenvalue weighted by Crippen LogP contribution is -2.10. The molecule has 0 aliphatic carbocycles. The lowest BCUT2D eigenvalue weighted by Gasteiger charge is -2.19. The van der Waals surface area contributed by atoms with Gasteiger partial charge in [-0.1, -0.05) is 45.0 Å². The molecule has 1 N–H and O–H groups in total. The predicted molar refractivity (Wildman–Crippen MR) is 83.7 cm³/mol. The van der Waals surface area contributed by atoms with Crippen LogP contribution in [0, 0.1) is 5.41 Å². The zero-order valence-electron chi connectivity index (χ0n) is 12.5. The third-order valence-electron chi connectivity index (χ3n) is 3.32. The third-order valence-corrected chi connectivity index (χ3v) is 3.32. The molecule has 108 valence electrons. The van der Waals surface area contributed by atoms with Gasteiger partial charge >= 0.3 is 0 Å². The van der Waals surface area contributed by atoms with Gasteiger partial charge in [-0.3, -0.25) is 0 Å². The first-order valence-electron chi connectivity index (χ1n) is 7.07. The Bertz CT molecular complexity index is 751. The fraction of sp³-hybridized carbons (Fsp3) is 0.294. The van der Waals surface area contributed by atoms with Gasteiger partial charge in [0.15, 0.2) is 0 Å². The SMILES string of the molecule is CC(C)(C)Cc1cccc(-n2nc3ccccc3n2)c1O. The molecule has 21 heavy (non-hydrogen) atoms. The minimum atomic E-state index is 0.109. The van der Waals surface area contributed by atoms with Crippen molar-refractivity contribution in [2.24, 2.45) is 5.41 Å². The second-order valence-electron chi connectivity index (χ2n) is 6.50. The van der Waals surface area contributed by atoms with Gasteiger partial charge in [0, 0.05) is 0 Å². The highest BCUT2D eigenvalue weighted by Crippen LogP contribution is 2.31. The Morgan fingerprint density at radius 2 is 1.57 bits per heavy atom. The molecule has 0 aliphatic heterocycles. The van der Waals surface area contributed by atoms with Crippen LogP contribution in [0.1, 0.15) is 26.3 Å². The van der Waals surface area contributed by atoms with Crippen LogP contribution in [0.25, 0.3) is 16.7 Å². The summed E-state index contributed by atoms with van der Waals surface area (Å²) in [4.78, 5) is 1.51. The second kappa shape index (κ2) is 4.88. The number of para-hydroxylation sites is 1. The zero-order valence-corrected chi connectivity index (χ0v) is 12.5. The second-order valence-corrected chi connectivity index (χ2v) is 6.50. The quantitative estimate of drug-likeness (QED) is 0.779. The number of hydrogen-bond donors (Lipinski definition) is 1. The van der Waals surface area contributed by atoms with E-state index in [4.69, 9.17) is 0 Å². The van der Waals surface area contributed by atoms with Crippen LogP contribution >= 0.6 is 0 Å². The number of hydrogen-bond acceptors (Lipinski definition) is 3. The van der Waals surface area contributed by atoms with Crippen molar-refractivity contribution in [2.75, 3.05) is 0 Å². The molecule has 1 heterocycles. The summed E-state index contributed by atoms with van der Waals surface area (Å²) in [5.41, 5.74) is 3.28. The van der Waals surface area contributed by atoms with Crippen molar-refractivity contribution in [3.8, 4) is 11.4 Å². The number of phenolic OH excluding ortho intramolecular Hbond substituents is 1. The summed E-state index contributed by atoms with van der Waals surface area (Å²) in [6, 6.07) is 13.4. The van der Waals surface area contributed by atoms with Crippen molar-refractivity contribution in [1.82, 2.24) is 15.0 Å². The van der Waals surface area contributed by atoms with E-state index in [9.17, 15) is 5.11 Å². The van der Waals surface area contributed by atoms with E-state index in [2.05, 4.69) is 31.0 Å². The minimum Gasteiger partial charge on any atom is -0.505 e. The summed E-state index contributed by atoms with van der Waals surface area (Å²) < 4.78 is 0. The molecule has 0 saturated heterocycles. The average molecular weight is 281 g/mol. The lowest BCUT2D eigenvalue weighted by atomic mass is 9.87. The predicted octanol–water partition coefficient (Wildman–Crippen LogP) is 3.71. The lowest BCUT2D eigenvalue weighted by molar-refractivity contribution is 0.393. The number of fused-ring (bicyclic) bond motifs is 1. The highest BCUT2D eigenvalue weighted by Gasteiger charge is 2.17. The summed E-state index contributed by atoms with van der Waals surface area (Å²) >= 11 is 0. The largest absolute Gasteiger partial charge is 0.505 e. The monoisotopic (exact) mass is 281 g/mol. The Balaban J connectivity index is 2.08. The number of aromatic hydroxyl groups is 1. The third kappa shape index (κ3) is 2.75. The van der Waals surface area contributed by atoms with E-state index in [1.165, 1.54) is 4.80 Å². The maximum absolute atomic E-state index is 10.5. The standard InChI is InChI=1S/C17H19N3O/c1-17(2,3)11-12-7-6-10-15(16(12)21)20-18-13-8-4-5-9-14(13)19-20/h4-10,21H,11H2,1-3H3. The highest BCUT2D eigenvalue weighted by molar-refractivity contribution is 5.73. The summed E-state index contributed by atoms with van der Waals surface area (Å²) in [5.74, 6) is 0.257. The van der Waals surface area contributed by atoms with E-state index in [0.717, 1.165) is 23.0 Å². The molecule has 2 aromatic carbocycles. The molecule has 0 amide bonds. The molecular formula is C17H19N3O. The number of nitrogens with zero attached hydrogens (tertiary/aromatic N) is 3. The van der Waals surface area contributed by atoms with Crippen molar-refractivity contribution in [3.63, 3.8) is 0 Å². The molecule has 0 unspecified atom stereocenters. The first-order valence-corrected chi connectivity index (χ1v) is 7.07. The summed E-state index contributed by atoms with van der Waals surface area (Å²) in [5, 5.41) is 19.4. The molecule has 0 radical (unpaired) electrons. The summed E-state index contributed by atoms with van der Waals surface area (Å²) in [7, 11) is 0. The van der Waals surface area contributed by atoms with Crippen LogP contribution in [-0.2, 0) is 6.42 Å². The smallest absolute Gasteiger partial charge is 0.146 e. The fourth-order valence-corrected chi connectivity index (χ4v) is 2.42. The number of benzene rings is 2. The molecule has 1 aromatic heterocycles. The van der Waals surface area contributed by atoms with Crippen molar-refractivity contribution in [2.45, 2.75) is 27.2 Å². The first kappa shape index (κ1) is 13.6. The van der Waals surface area contributed by atoms with E-state index in [-0.39, 0.29) is 11.2 Å². The van der Waals surface area contributed by atoms with Gasteiger partial charge in [0.1, 0.15) is 22.5 Å². The Hall–Kier alpha value is -2.36. The van der Waals surface area contributed by atoms with Crippen LogP contribution in [0.5, 0.6) is 5.75 Å². The van der Waals surface area contributed by atoms with Gasteiger partial charge in [-0.2, -0.15) is 0 Å². The Kier molecular flexibility index (Phi) is 3.16. The topological polar surface area (TPSA) is 50.9 Å². The molecule has 0 aliphatic rings. The fourth-order valence-electron chi connectivity index (χ4n) is 2.42. The average Bonchev–Trinajstić information content (AvgIpc) is 2.83. The molecule has 3 aromatic rings. The van der Waals surface area contributed by atoms with Gasteiger partial charge in [0.25, 0.3) is 0 Å².